The normalized spacial score (nSPS) is 16.8. The zero-order valence-corrected chi connectivity index (χ0v) is 12.2. The highest BCUT2D eigenvalue weighted by Gasteiger charge is 2.21. The third-order valence-electron chi connectivity index (χ3n) is 4.12. The van der Waals surface area contributed by atoms with E-state index in [1.54, 1.807) is 0 Å². The van der Waals surface area contributed by atoms with Crippen LogP contribution in [0.1, 0.15) is 33.1 Å². The molecule has 1 aliphatic rings. The van der Waals surface area contributed by atoms with Gasteiger partial charge in [-0.3, -0.25) is 5.10 Å². The summed E-state index contributed by atoms with van der Waals surface area (Å²) < 4.78 is 0. The van der Waals surface area contributed by atoms with Crippen LogP contribution in [0.3, 0.4) is 0 Å². The largest absolute Gasteiger partial charge is 0.356 e. The van der Waals surface area contributed by atoms with Crippen molar-refractivity contribution in [2.45, 2.75) is 33.1 Å². The van der Waals surface area contributed by atoms with Crippen LogP contribution in [-0.2, 0) is 0 Å². The molecule has 6 heteroatoms. The molecule has 2 N–H and O–H groups in total. The summed E-state index contributed by atoms with van der Waals surface area (Å²) in [6.45, 7) is 7.29. The summed E-state index contributed by atoms with van der Waals surface area (Å²) in [5.41, 5.74) is 0.809. The quantitative estimate of drug-likeness (QED) is 0.896. The van der Waals surface area contributed by atoms with Crippen molar-refractivity contribution in [3.8, 4) is 0 Å². The van der Waals surface area contributed by atoms with Crippen molar-refractivity contribution in [3.05, 3.63) is 6.20 Å². The van der Waals surface area contributed by atoms with E-state index >= 15 is 0 Å². The molecule has 3 heterocycles. The van der Waals surface area contributed by atoms with E-state index in [0.717, 1.165) is 42.4 Å². The monoisotopic (exact) mass is 274 g/mol. The SMILES string of the molecule is CCNc1nc(N2CCC(CC)CC2)c2cn[nH]c2n1. The van der Waals surface area contributed by atoms with Crippen LogP contribution in [0, 0.1) is 5.92 Å². The fourth-order valence-corrected chi connectivity index (χ4v) is 2.85. The van der Waals surface area contributed by atoms with Gasteiger partial charge in [-0.15, -0.1) is 0 Å². The standard InChI is InChI=1S/C14H22N6/c1-3-10-5-7-20(8-6-10)13-11-9-16-19-12(11)17-14(18-13)15-4-2/h9-10H,3-8H2,1-2H3,(H2,15,16,17,18,19). The highest BCUT2D eigenvalue weighted by molar-refractivity contribution is 5.87. The van der Waals surface area contributed by atoms with Crippen molar-refractivity contribution in [2.75, 3.05) is 29.9 Å². The minimum absolute atomic E-state index is 0.678. The van der Waals surface area contributed by atoms with Crippen molar-refractivity contribution in [1.82, 2.24) is 20.2 Å². The lowest BCUT2D eigenvalue weighted by Gasteiger charge is -2.32. The van der Waals surface area contributed by atoms with Crippen molar-refractivity contribution >= 4 is 22.8 Å². The van der Waals surface area contributed by atoms with Gasteiger partial charge < -0.3 is 10.2 Å². The topological polar surface area (TPSA) is 69.7 Å². The van der Waals surface area contributed by atoms with Crippen molar-refractivity contribution in [2.24, 2.45) is 5.92 Å². The molecule has 0 spiro atoms. The van der Waals surface area contributed by atoms with E-state index in [2.05, 4.69) is 37.3 Å². The molecule has 20 heavy (non-hydrogen) atoms. The molecule has 0 bridgehead atoms. The first kappa shape index (κ1) is 13.1. The maximum atomic E-state index is 4.68. The summed E-state index contributed by atoms with van der Waals surface area (Å²) in [6, 6.07) is 0. The van der Waals surface area contributed by atoms with Crippen molar-refractivity contribution in [1.29, 1.82) is 0 Å². The second-order valence-corrected chi connectivity index (χ2v) is 5.37. The van der Waals surface area contributed by atoms with Gasteiger partial charge in [0.15, 0.2) is 5.65 Å². The van der Waals surface area contributed by atoms with Gasteiger partial charge in [0.2, 0.25) is 5.95 Å². The summed E-state index contributed by atoms with van der Waals surface area (Å²) >= 11 is 0. The first-order valence-corrected chi connectivity index (χ1v) is 7.51. The lowest BCUT2D eigenvalue weighted by atomic mass is 9.94. The van der Waals surface area contributed by atoms with E-state index in [0.29, 0.717) is 5.95 Å². The van der Waals surface area contributed by atoms with Gasteiger partial charge >= 0.3 is 0 Å². The van der Waals surface area contributed by atoms with E-state index in [1.807, 2.05) is 13.1 Å². The smallest absolute Gasteiger partial charge is 0.226 e. The van der Waals surface area contributed by atoms with Gasteiger partial charge in [-0.05, 0) is 25.7 Å². The zero-order valence-electron chi connectivity index (χ0n) is 12.2. The molecule has 0 aromatic carbocycles. The molecule has 1 fully saturated rings. The van der Waals surface area contributed by atoms with Gasteiger partial charge in [0, 0.05) is 19.6 Å². The lowest BCUT2D eigenvalue weighted by molar-refractivity contribution is 0.394. The molecule has 0 aliphatic carbocycles. The number of aromatic amines is 1. The number of anilines is 2. The summed E-state index contributed by atoms with van der Waals surface area (Å²) in [5, 5.41) is 11.3. The molecule has 1 saturated heterocycles. The Kier molecular flexibility index (Phi) is 3.71. The average molecular weight is 274 g/mol. The molecule has 0 unspecified atom stereocenters. The molecule has 0 amide bonds. The Bertz CT molecular complexity index is 570. The van der Waals surface area contributed by atoms with Gasteiger partial charge in [0.1, 0.15) is 5.82 Å². The number of nitrogens with one attached hydrogen (secondary N) is 2. The Hall–Kier alpha value is -1.85. The number of hydrogen-bond acceptors (Lipinski definition) is 5. The third-order valence-corrected chi connectivity index (χ3v) is 4.12. The molecule has 2 aromatic heterocycles. The summed E-state index contributed by atoms with van der Waals surface area (Å²) in [6.07, 6.45) is 5.60. The number of aromatic nitrogens is 4. The third kappa shape index (κ3) is 2.42. The number of fused-ring (bicyclic) bond motifs is 1. The first-order chi connectivity index (χ1) is 9.81. The van der Waals surface area contributed by atoms with Crippen LogP contribution in [-0.4, -0.2) is 39.8 Å². The highest BCUT2D eigenvalue weighted by atomic mass is 15.3. The van der Waals surface area contributed by atoms with Crippen molar-refractivity contribution < 1.29 is 0 Å². The number of nitrogens with zero attached hydrogens (tertiary/aromatic N) is 4. The Morgan fingerprint density at radius 1 is 1.30 bits per heavy atom. The molecule has 3 rings (SSSR count). The van der Waals surface area contributed by atoms with Crippen LogP contribution in [0.25, 0.3) is 11.0 Å². The highest BCUT2D eigenvalue weighted by Crippen LogP contribution is 2.28. The molecule has 0 saturated carbocycles. The fourth-order valence-electron chi connectivity index (χ4n) is 2.85. The van der Waals surface area contributed by atoms with E-state index in [-0.39, 0.29) is 0 Å². The van der Waals surface area contributed by atoms with Crippen LogP contribution < -0.4 is 10.2 Å². The summed E-state index contributed by atoms with van der Waals surface area (Å²) in [4.78, 5) is 11.5. The maximum Gasteiger partial charge on any atom is 0.226 e. The van der Waals surface area contributed by atoms with Crippen LogP contribution in [0.5, 0.6) is 0 Å². The molecule has 0 radical (unpaired) electrons. The second-order valence-electron chi connectivity index (χ2n) is 5.37. The van der Waals surface area contributed by atoms with Gasteiger partial charge in [-0.2, -0.15) is 15.1 Å². The lowest BCUT2D eigenvalue weighted by Crippen LogP contribution is -2.34. The van der Waals surface area contributed by atoms with Crippen LogP contribution in [0.4, 0.5) is 11.8 Å². The minimum atomic E-state index is 0.678. The first-order valence-electron chi connectivity index (χ1n) is 7.51. The Labute approximate surface area is 119 Å². The van der Waals surface area contributed by atoms with E-state index < -0.39 is 0 Å². The Balaban J connectivity index is 1.91. The van der Waals surface area contributed by atoms with Crippen molar-refractivity contribution in [3.63, 3.8) is 0 Å². The van der Waals surface area contributed by atoms with Gasteiger partial charge in [-0.25, -0.2) is 0 Å². The van der Waals surface area contributed by atoms with Crippen LogP contribution >= 0.6 is 0 Å². The molecule has 0 atom stereocenters. The number of piperidine rings is 1. The molecular weight excluding hydrogens is 252 g/mol. The van der Waals surface area contributed by atoms with Gasteiger partial charge in [-0.1, -0.05) is 13.3 Å². The zero-order chi connectivity index (χ0) is 13.9. The van der Waals surface area contributed by atoms with E-state index in [1.165, 1.54) is 19.3 Å². The molecule has 108 valence electrons. The van der Waals surface area contributed by atoms with Gasteiger partial charge in [0.05, 0.1) is 11.6 Å². The second kappa shape index (κ2) is 5.64. The Morgan fingerprint density at radius 3 is 2.80 bits per heavy atom. The van der Waals surface area contributed by atoms with E-state index in [9.17, 15) is 0 Å². The van der Waals surface area contributed by atoms with Crippen LogP contribution in [0.2, 0.25) is 0 Å². The molecule has 2 aromatic rings. The Morgan fingerprint density at radius 2 is 2.10 bits per heavy atom. The number of H-pyrrole nitrogens is 1. The molecule has 6 nitrogen and oxygen atoms in total. The number of hydrogen-bond donors (Lipinski definition) is 2. The predicted octanol–water partition coefficient (Wildman–Crippen LogP) is 2.41. The predicted molar refractivity (Wildman–Crippen MR) is 81.1 cm³/mol. The summed E-state index contributed by atoms with van der Waals surface area (Å²) in [7, 11) is 0. The number of rotatable bonds is 4. The van der Waals surface area contributed by atoms with E-state index in [4.69, 9.17) is 0 Å². The van der Waals surface area contributed by atoms with Crippen LogP contribution in [0.15, 0.2) is 6.20 Å². The average Bonchev–Trinajstić information content (AvgIpc) is 2.95. The van der Waals surface area contributed by atoms with Gasteiger partial charge in [0.25, 0.3) is 0 Å². The maximum absolute atomic E-state index is 4.68. The fraction of sp³-hybridized carbons (Fsp3) is 0.643. The molecule has 1 aliphatic heterocycles. The minimum Gasteiger partial charge on any atom is -0.356 e. The summed E-state index contributed by atoms with van der Waals surface area (Å²) in [5.74, 6) is 2.55. The molecular formula is C14H22N6.